The molecule has 2 N–H and O–H groups in total. The number of hydrogen-bond acceptors (Lipinski definition) is 3. The first-order valence-electron chi connectivity index (χ1n) is 4.66. The van der Waals surface area contributed by atoms with Crippen molar-refractivity contribution < 1.29 is 0 Å². The summed E-state index contributed by atoms with van der Waals surface area (Å²) in [6.45, 7) is 2.82. The molecule has 15 heavy (non-hydrogen) atoms. The second-order valence-corrected chi connectivity index (χ2v) is 3.55. The lowest BCUT2D eigenvalue weighted by Gasteiger charge is -2.07. The summed E-state index contributed by atoms with van der Waals surface area (Å²) in [6, 6.07) is 5.49. The van der Waals surface area contributed by atoms with Crippen LogP contribution in [0, 0.1) is 0 Å². The highest BCUT2D eigenvalue weighted by molar-refractivity contribution is 6.33. The van der Waals surface area contributed by atoms with Gasteiger partial charge in [0.05, 0.1) is 10.7 Å². The van der Waals surface area contributed by atoms with Crippen LogP contribution >= 0.6 is 11.6 Å². The van der Waals surface area contributed by atoms with Crippen molar-refractivity contribution in [1.82, 2.24) is 14.8 Å². The number of benzene rings is 1. The van der Waals surface area contributed by atoms with Crippen LogP contribution in [0.5, 0.6) is 0 Å². The van der Waals surface area contributed by atoms with Crippen molar-refractivity contribution in [2.75, 3.05) is 5.73 Å². The normalized spacial score (nSPS) is 10.5. The minimum absolute atomic E-state index is 0.540. The number of nitrogens with two attached hydrogens (primary N) is 1. The van der Waals surface area contributed by atoms with E-state index in [-0.39, 0.29) is 0 Å². The van der Waals surface area contributed by atoms with E-state index in [0.29, 0.717) is 10.7 Å². The fourth-order valence-corrected chi connectivity index (χ4v) is 1.60. The molecule has 0 saturated carbocycles. The number of hydrogen-bond donors (Lipinski definition) is 1. The average molecular weight is 223 g/mol. The molecule has 0 fully saturated rings. The van der Waals surface area contributed by atoms with E-state index in [9.17, 15) is 0 Å². The fraction of sp³-hybridized carbons (Fsp3) is 0.200. The summed E-state index contributed by atoms with van der Waals surface area (Å²) in [5.74, 6) is 0.748. The van der Waals surface area contributed by atoms with Gasteiger partial charge >= 0.3 is 0 Å². The highest BCUT2D eigenvalue weighted by Crippen LogP contribution is 2.29. The van der Waals surface area contributed by atoms with Gasteiger partial charge in [-0.2, -0.15) is 0 Å². The van der Waals surface area contributed by atoms with E-state index in [2.05, 4.69) is 10.2 Å². The molecule has 4 nitrogen and oxygen atoms in total. The number of rotatable bonds is 2. The van der Waals surface area contributed by atoms with E-state index in [4.69, 9.17) is 17.3 Å². The molecular formula is C10H11ClN4. The number of anilines is 1. The first kappa shape index (κ1) is 9.98. The molecule has 5 heteroatoms. The molecule has 78 valence electrons. The third-order valence-electron chi connectivity index (χ3n) is 2.25. The molecule has 0 amide bonds. The molecular weight excluding hydrogens is 212 g/mol. The molecule has 0 bridgehead atoms. The number of para-hydroxylation sites is 1. The molecule has 2 aromatic rings. The zero-order chi connectivity index (χ0) is 10.8. The Kier molecular flexibility index (Phi) is 2.60. The Labute approximate surface area is 92.7 Å². The van der Waals surface area contributed by atoms with Gasteiger partial charge in [0.25, 0.3) is 0 Å². The smallest absolute Gasteiger partial charge is 0.165 e. The van der Waals surface area contributed by atoms with Crippen LogP contribution in [0.4, 0.5) is 5.69 Å². The van der Waals surface area contributed by atoms with Gasteiger partial charge in [0, 0.05) is 12.1 Å². The first-order chi connectivity index (χ1) is 7.24. The Morgan fingerprint density at radius 3 is 3.00 bits per heavy atom. The summed E-state index contributed by atoms with van der Waals surface area (Å²) in [6.07, 6.45) is 1.68. The monoisotopic (exact) mass is 222 g/mol. The second-order valence-electron chi connectivity index (χ2n) is 3.14. The summed E-state index contributed by atoms with van der Waals surface area (Å²) in [7, 11) is 0. The van der Waals surface area contributed by atoms with Crippen molar-refractivity contribution in [2.45, 2.75) is 13.5 Å². The van der Waals surface area contributed by atoms with E-state index in [0.717, 1.165) is 17.9 Å². The molecule has 0 aliphatic heterocycles. The lowest BCUT2D eigenvalue weighted by atomic mass is 10.1. The van der Waals surface area contributed by atoms with Crippen molar-refractivity contribution in [3.8, 4) is 11.4 Å². The van der Waals surface area contributed by atoms with Gasteiger partial charge in [0.1, 0.15) is 6.33 Å². The molecule has 1 aromatic heterocycles. The molecule has 0 saturated heterocycles. The minimum Gasteiger partial charge on any atom is -0.397 e. The summed E-state index contributed by atoms with van der Waals surface area (Å²) < 4.78 is 1.92. The van der Waals surface area contributed by atoms with E-state index in [1.54, 1.807) is 12.4 Å². The van der Waals surface area contributed by atoms with Crippen molar-refractivity contribution in [3.05, 3.63) is 29.5 Å². The molecule has 0 aliphatic carbocycles. The van der Waals surface area contributed by atoms with Gasteiger partial charge in [-0.3, -0.25) is 0 Å². The molecule has 2 rings (SSSR count). The maximum Gasteiger partial charge on any atom is 0.165 e. The summed E-state index contributed by atoms with van der Waals surface area (Å²) in [4.78, 5) is 0. The SMILES string of the molecule is CCn1cnnc1-c1cccc(Cl)c1N. The largest absolute Gasteiger partial charge is 0.397 e. The highest BCUT2D eigenvalue weighted by atomic mass is 35.5. The van der Waals surface area contributed by atoms with Crippen LogP contribution in [0.2, 0.25) is 5.02 Å². The van der Waals surface area contributed by atoms with E-state index in [1.807, 2.05) is 23.6 Å². The third kappa shape index (κ3) is 1.68. The number of nitrogens with zero attached hydrogens (tertiary/aromatic N) is 3. The lowest BCUT2D eigenvalue weighted by Crippen LogP contribution is -1.99. The van der Waals surface area contributed by atoms with Crippen molar-refractivity contribution in [3.63, 3.8) is 0 Å². The van der Waals surface area contributed by atoms with Gasteiger partial charge in [-0.1, -0.05) is 17.7 Å². The maximum absolute atomic E-state index is 5.94. The second kappa shape index (κ2) is 3.90. The Morgan fingerprint density at radius 2 is 2.27 bits per heavy atom. The molecule has 0 spiro atoms. The predicted octanol–water partition coefficient (Wildman–Crippen LogP) is 2.20. The number of halogens is 1. The Morgan fingerprint density at radius 1 is 1.47 bits per heavy atom. The fourth-order valence-electron chi connectivity index (χ4n) is 1.43. The standard InChI is InChI=1S/C10H11ClN4/c1-2-15-6-13-14-10(15)7-4-3-5-8(11)9(7)12/h3-6H,2,12H2,1H3. The first-order valence-corrected chi connectivity index (χ1v) is 5.04. The third-order valence-corrected chi connectivity index (χ3v) is 2.58. The van der Waals surface area contributed by atoms with Gasteiger partial charge in [-0.15, -0.1) is 10.2 Å². The summed E-state index contributed by atoms with van der Waals surface area (Å²) in [5.41, 5.74) is 7.25. The molecule has 0 unspecified atom stereocenters. The average Bonchev–Trinajstić information content (AvgIpc) is 2.70. The van der Waals surface area contributed by atoms with E-state index >= 15 is 0 Å². The van der Waals surface area contributed by atoms with E-state index < -0.39 is 0 Å². The number of aryl methyl sites for hydroxylation is 1. The van der Waals surface area contributed by atoms with Crippen LogP contribution in [-0.4, -0.2) is 14.8 Å². The molecule has 0 atom stereocenters. The Bertz CT molecular complexity index is 478. The van der Waals surface area contributed by atoms with Gasteiger partial charge in [-0.05, 0) is 19.1 Å². The van der Waals surface area contributed by atoms with Gasteiger partial charge in [0.2, 0.25) is 0 Å². The van der Waals surface area contributed by atoms with Crippen LogP contribution in [-0.2, 0) is 6.54 Å². The predicted molar refractivity (Wildman–Crippen MR) is 60.6 cm³/mol. The zero-order valence-corrected chi connectivity index (χ0v) is 9.07. The van der Waals surface area contributed by atoms with Crippen LogP contribution in [0.15, 0.2) is 24.5 Å². The Balaban J connectivity index is 2.59. The number of aromatic nitrogens is 3. The van der Waals surface area contributed by atoms with Crippen LogP contribution < -0.4 is 5.73 Å². The van der Waals surface area contributed by atoms with Crippen molar-refractivity contribution in [1.29, 1.82) is 0 Å². The molecule has 1 heterocycles. The minimum atomic E-state index is 0.540. The van der Waals surface area contributed by atoms with Crippen LogP contribution in [0.25, 0.3) is 11.4 Å². The van der Waals surface area contributed by atoms with Crippen molar-refractivity contribution in [2.24, 2.45) is 0 Å². The summed E-state index contributed by atoms with van der Waals surface area (Å²) in [5, 5.41) is 8.43. The number of nitrogen functional groups attached to an aromatic ring is 1. The van der Waals surface area contributed by atoms with Gasteiger partial charge in [-0.25, -0.2) is 0 Å². The topological polar surface area (TPSA) is 56.7 Å². The zero-order valence-electron chi connectivity index (χ0n) is 8.31. The summed E-state index contributed by atoms with van der Waals surface area (Å²) >= 11 is 5.94. The van der Waals surface area contributed by atoms with E-state index in [1.165, 1.54) is 0 Å². The van der Waals surface area contributed by atoms with Crippen LogP contribution in [0.3, 0.4) is 0 Å². The van der Waals surface area contributed by atoms with Gasteiger partial charge < -0.3 is 10.3 Å². The highest BCUT2D eigenvalue weighted by Gasteiger charge is 2.10. The maximum atomic E-state index is 5.94. The van der Waals surface area contributed by atoms with Gasteiger partial charge in [0.15, 0.2) is 5.82 Å². The quantitative estimate of drug-likeness (QED) is 0.793. The Hall–Kier alpha value is -1.55. The molecule has 1 aromatic carbocycles. The van der Waals surface area contributed by atoms with Crippen molar-refractivity contribution >= 4 is 17.3 Å². The lowest BCUT2D eigenvalue weighted by molar-refractivity contribution is 0.767. The van der Waals surface area contributed by atoms with Crippen LogP contribution in [0.1, 0.15) is 6.92 Å². The molecule has 0 radical (unpaired) electrons. The molecule has 0 aliphatic rings.